The minimum Gasteiger partial charge on any atom is -0.473 e. The Morgan fingerprint density at radius 3 is 1.86 bits per heavy atom. The molecule has 162 valence electrons. The van der Waals surface area contributed by atoms with Crippen molar-refractivity contribution < 1.29 is 41.6 Å². The van der Waals surface area contributed by atoms with Crippen LogP contribution in [0.5, 0.6) is 0 Å². The average molecular weight is 453 g/mol. The van der Waals surface area contributed by atoms with E-state index in [1.807, 2.05) is 0 Å². The molecule has 0 aliphatic carbocycles. The summed E-state index contributed by atoms with van der Waals surface area (Å²) in [5, 5.41) is 25.8. The van der Waals surface area contributed by atoms with Gasteiger partial charge in [0.15, 0.2) is 4.90 Å². The van der Waals surface area contributed by atoms with Gasteiger partial charge in [-0.05, 0) is 13.0 Å². The second kappa shape index (κ2) is 9.73. The summed E-state index contributed by atoms with van der Waals surface area (Å²) >= 11 is 0. The quantitative estimate of drug-likeness (QED) is 0.330. The molecule has 0 radical (unpaired) electrons. The molecule has 29 heavy (non-hydrogen) atoms. The first kappa shape index (κ1) is 24.4. The molecule has 1 saturated heterocycles. The van der Waals surface area contributed by atoms with E-state index in [1.54, 1.807) is 0 Å². The maximum absolute atomic E-state index is 12.6. The second-order valence-electron chi connectivity index (χ2n) is 5.54. The topological polar surface area (TPSA) is 192 Å². The number of nitro benzene ring substituents is 1. The third-order valence-electron chi connectivity index (χ3n) is 3.82. The smallest absolute Gasteiger partial charge is 0.414 e. The van der Waals surface area contributed by atoms with Crippen LogP contribution in [0.15, 0.2) is 29.2 Å². The number of carboxylic acids is 2. The lowest BCUT2D eigenvalue weighted by Crippen LogP contribution is -2.50. The lowest BCUT2D eigenvalue weighted by molar-refractivity contribution is -0.387. The number of rotatable bonds is 5. The van der Waals surface area contributed by atoms with Crippen LogP contribution in [0.3, 0.4) is 0 Å². The van der Waals surface area contributed by atoms with Gasteiger partial charge in [0.05, 0.1) is 10.7 Å². The SMILES string of the molecule is CCS(=O)(=O)N1CCN(S(=O)(=O)c2ccccc2[N+](=O)[O-])CC1.O=C(O)C(=O)O. The summed E-state index contributed by atoms with van der Waals surface area (Å²) in [6.07, 6.45) is 0. The summed E-state index contributed by atoms with van der Waals surface area (Å²) in [5.74, 6) is -3.70. The first-order chi connectivity index (χ1) is 13.3. The van der Waals surface area contributed by atoms with E-state index < -0.39 is 42.6 Å². The van der Waals surface area contributed by atoms with Gasteiger partial charge in [0.25, 0.3) is 5.69 Å². The Balaban J connectivity index is 0.000000612. The van der Waals surface area contributed by atoms with Crippen LogP contribution in [0.1, 0.15) is 6.92 Å². The molecule has 1 fully saturated rings. The number of carbonyl (C=O) groups is 2. The van der Waals surface area contributed by atoms with Crippen molar-refractivity contribution in [3.63, 3.8) is 0 Å². The molecule has 13 nitrogen and oxygen atoms in total. The summed E-state index contributed by atoms with van der Waals surface area (Å²) in [5.41, 5.74) is -0.490. The van der Waals surface area contributed by atoms with E-state index in [4.69, 9.17) is 19.8 Å². The Morgan fingerprint density at radius 2 is 1.45 bits per heavy atom. The fourth-order valence-electron chi connectivity index (χ4n) is 2.34. The summed E-state index contributed by atoms with van der Waals surface area (Å²) in [4.78, 5) is 28.1. The van der Waals surface area contributed by atoms with Gasteiger partial charge in [-0.3, -0.25) is 10.1 Å². The zero-order valence-electron chi connectivity index (χ0n) is 15.2. The predicted octanol–water partition coefficient (Wildman–Crippen LogP) is -0.594. The van der Waals surface area contributed by atoms with Crippen LogP contribution < -0.4 is 0 Å². The van der Waals surface area contributed by atoms with Gasteiger partial charge in [-0.1, -0.05) is 12.1 Å². The summed E-state index contributed by atoms with van der Waals surface area (Å²) in [6.45, 7) is 1.53. The third-order valence-corrected chi connectivity index (χ3v) is 7.65. The molecule has 0 aromatic heterocycles. The number of hydrogen-bond acceptors (Lipinski definition) is 8. The number of benzene rings is 1. The van der Waals surface area contributed by atoms with Crippen LogP contribution in [0.4, 0.5) is 5.69 Å². The first-order valence-corrected chi connectivity index (χ1v) is 11.1. The largest absolute Gasteiger partial charge is 0.473 e. The van der Waals surface area contributed by atoms with Crippen molar-refractivity contribution in [3.05, 3.63) is 34.4 Å². The molecule has 1 aromatic carbocycles. The molecule has 0 bridgehead atoms. The lowest BCUT2D eigenvalue weighted by atomic mass is 10.3. The molecule has 15 heteroatoms. The molecular weight excluding hydrogens is 434 g/mol. The Kier molecular flexibility index (Phi) is 8.19. The van der Waals surface area contributed by atoms with Crippen LogP contribution in [0.2, 0.25) is 0 Å². The molecule has 1 aliphatic rings. The minimum absolute atomic E-state index is 0.0341. The minimum atomic E-state index is -4.04. The van der Waals surface area contributed by atoms with E-state index in [-0.39, 0.29) is 36.8 Å². The fraction of sp³-hybridized carbons (Fsp3) is 0.429. The van der Waals surface area contributed by atoms with E-state index >= 15 is 0 Å². The predicted molar refractivity (Wildman–Crippen MR) is 98.2 cm³/mol. The highest BCUT2D eigenvalue weighted by molar-refractivity contribution is 7.89. The van der Waals surface area contributed by atoms with Crippen LogP contribution in [0, 0.1) is 10.1 Å². The monoisotopic (exact) mass is 453 g/mol. The summed E-state index contributed by atoms with van der Waals surface area (Å²) in [7, 11) is -7.42. The first-order valence-electron chi connectivity index (χ1n) is 8.02. The second-order valence-corrected chi connectivity index (χ2v) is 9.70. The maximum Gasteiger partial charge on any atom is 0.414 e. The van der Waals surface area contributed by atoms with Crippen molar-refractivity contribution in [2.75, 3.05) is 31.9 Å². The Labute approximate surface area is 166 Å². The van der Waals surface area contributed by atoms with Gasteiger partial charge in [-0.25, -0.2) is 26.4 Å². The zero-order chi connectivity index (χ0) is 22.4. The summed E-state index contributed by atoms with van der Waals surface area (Å²) in [6, 6.07) is 5.12. The molecule has 0 unspecified atom stereocenters. The molecule has 0 spiro atoms. The zero-order valence-corrected chi connectivity index (χ0v) is 16.8. The molecule has 1 aliphatic heterocycles. The molecule has 0 saturated carbocycles. The molecule has 0 atom stereocenters. The van der Waals surface area contributed by atoms with Crippen molar-refractivity contribution in [2.24, 2.45) is 0 Å². The van der Waals surface area contributed by atoms with E-state index in [9.17, 15) is 26.9 Å². The lowest BCUT2D eigenvalue weighted by Gasteiger charge is -2.32. The van der Waals surface area contributed by atoms with Crippen molar-refractivity contribution >= 4 is 37.7 Å². The van der Waals surface area contributed by atoms with Crippen LogP contribution in [-0.2, 0) is 29.6 Å². The molecule has 1 heterocycles. The highest BCUT2D eigenvalue weighted by atomic mass is 32.2. The van der Waals surface area contributed by atoms with Crippen molar-refractivity contribution in [2.45, 2.75) is 11.8 Å². The van der Waals surface area contributed by atoms with E-state index in [0.717, 1.165) is 10.4 Å². The van der Waals surface area contributed by atoms with E-state index in [2.05, 4.69) is 0 Å². The number of piperazine rings is 1. The Hall–Kier alpha value is -2.62. The van der Waals surface area contributed by atoms with Crippen molar-refractivity contribution in [1.82, 2.24) is 8.61 Å². The van der Waals surface area contributed by atoms with Gasteiger partial charge in [0, 0.05) is 32.2 Å². The normalized spacial score (nSPS) is 15.8. The number of carboxylic acid groups (broad SMARTS) is 2. The van der Waals surface area contributed by atoms with Gasteiger partial charge in [0.2, 0.25) is 20.0 Å². The average Bonchev–Trinajstić information content (AvgIpc) is 2.68. The molecular formula is C14H19N3O10S2. The standard InChI is InChI=1S/C12H17N3O6S2.C2H2O4/c1-2-22(18,19)13-7-9-14(10-8-13)23(20,21)12-6-4-3-5-11(12)15(16)17;3-1(4)2(5)6/h3-6H,2,7-10H2,1H3;(H,3,4)(H,5,6). The van der Waals surface area contributed by atoms with E-state index in [1.165, 1.54) is 29.4 Å². The molecule has 1 aromatic rings. The Bertz CT molecular complexity index is 971. The number of hydrogen-bond donors (Lipinski definition) is 2. The number of para-hydroxylation sites is 1. The molecule has 2 rings (SSSR count). The molecule has 2 N–H and O–H groups in total. The number of sulfonamides is 2. The van der Waals surface area contributed by atoms with Gasteiger partial charge < -0.3 is 10.2 Å². The fourth-order valence-corrected chi connectivity index (χ4v) is 5.00. The van der Waals surface area contributed by atoms with Gasteiger partial charge in [0.1, 0.15) is 0 Å². The number of nitrogens with zero attached hydrogens (tertiary/aromatic N) is 3. The van der Waals surface area contributed by atoms with Gasteiger partial charge in [-0.15, -0.1) is 0 Å². The maximum atomic E-state index is 12.6. The number of aliphatic carboxylic acids is 2. The highest BCUT2D eigenvalue weighted by Gasteiger charge is 2.35. The summed E-state index contributed by atoms with van der Waals surface area (Å²) < 4.78 is 51.1. The molecule has 0 amide bonds. The third kappa shape index (κ3) is 6.18. The van der Waals surface area contributed by atoms with Gasteiger partial charge >= 0.3 is 11.9 Å². The number of nitro groups is 1. The highest BCUT2D eigenvalue weighted by Crippen LogP contribution is 2.27. The van der Waals surface area contributed by atoms with Gasteiger partial charge in [-0.2, -0.15) is 8.61 Å². The van der Waals surface area contributed by atoms with Crippen molar-refractivity contribution in [3.8, 4) is 0 Å². The van der Waals surface area contributed by atoms with Crippen molar-refractivity contribution in [1.29, 1.82) is 0 Å². The van der Waals surface area contributed by atoms with Crippen LogP contribution in [-0.4, -0.2) is 84.5 Å². The van der Waals surface area contributed by atoms with E-state index in [0.29, 0.717) is 0 Å². The Morgan fingerprint density at radius 1 is 1.00 bits per heavy atom. The van der Waals surface area contributed by atoms with Crippen LogP contribution in [0.25, 0.3) is 0 Å². The van der Waals surface area contributed by atoms with Crippen LogP contribution >= 0.6 is 0 Å².